The third-order valence-electron chi connectivity index (χ3n) is 3.07. The van der Waals surface area contributed by atoms with Crippen LogP contribution < -0.4 is 11.1 Å². The van der Waals surface area contributed by atoms with Crippen LogP contribution in [-0.4, -0.2) is 28.3 Å². The third-order valence-corrected chi connectivity index (χ3v) is 3.07. The molecule has 2 rings (SSSR count). The van der Waals surface area contributed by atoms with Crippen molar-refractivity contribution in [3.63, 3.8) is 0 Å². The Labute approximate surface area is 105 Å². The molecule has 18 heavy (non-hydrogen) atoms. The van der Waals surface area contributed by atoms with Gasteiger partial charge in [0.15, 0.2) is 0 Å². The zero-order valence-electron chi connectivity index (χ0n) is 10.2. The number of nitrogen functional groups attached to an aromatic ring is 1. The molecule has 0 bridgehead atoms. The highest BCUT2D eigenvalue weighted by Crippen LogP contribution is 2.33. The molecular formula is C12H17N3O3. The fourth-order valence-corrected chi connectivity index (χ4v) is 2.35. The summed E-state index contributed by atoms with van der Waals surface area (Å²) in [6.45, 7) is 1.93. The van der Waals surface area contributed by atoms with Crippen molar-refractivity contribution in [3.8, 4) is 0 Å². The van der Waals surface area contributed by atoms with E-state index in [0.717, 1.165) is 5.56 Å². The molecule has 0 spiro atoms. The van der Waals surface area contributed by atoms with E-state index in [4.69, 9.17) is 15.6 Å². The lowest BCUT2D eigenvalue weighted by Crippen LogP contribution is -2.41. The number of amides is 1. The molecule has 0 saturated carbocycles. The van der Waals surface area contributed by atoms with Crippen LogP contribution in [0.5, 0.6) is 0 Å². The van der Waals surface area contributed by atoms with Crippen LogP contribution in [0.2, 0.25) is 0 Å². The van der Waals surface area contributed by atoms with Gasteiger partial charge in [0.25, 0.3) is 0 Å². The van der Waals surface area contributed by atoms with E-state index in [-0.39, 0.29) is 18.2 Å². The number of carboxylic acid groups (broad SMARTS) is 1. The van der Waals surface area contributed by atoms with Gasteiger partial charge >= 0.3 is 6.09 Å². The third kappa shape index (κ3) is 2.89. The van der Waals surface area contributed by atoms with Crippen LogP contribution in [0.25, 0.3) is 0 Å². The number of carbonyl (C=O) groups is 1. The van der Waals surface area contributed by atoms with Crippen molar-refractivity contribution >= 4 is 11.8 Å². The number of nitrogens with zero attached hydrogens (tertiary/aromatic N) is 1. The molecule has 1 fully saturated rings. The van der Waals surface area contributed by atoms with E-state index in [1.807, 2.05) is 13.0 Å². The predicted octanol–water partition coefficient (Wildman–Crippen LogP) is 1.54. The zero-order chi connectivity index (χ0) is 13.1. The number of hydrogen-bond donors (Lipinski definition) is 3. The highest BCUT2D eigenvalue weighted by atomic mass is 16.5. The van der Waals surface area contributed by atoms with E-state index in [9.17, 15) is 4.79 Å². The average molecular weight is 251 g/mol. The molecule has 3 atom stereocenters. The van der Waals surface area contributed by atoms with Gasteiger partial charge in [-0.3, -0.25) is 4.98 Å². The van der Waals surface area contributed by atoms with Crippen molar-refractivity contribution in [2.75, 3.05) is 5.73 Å². The summed E-state index contributed by atoms with van der Waals surface area (Å²) in [5.41, 5.74) is 7.31. The molecule has 1 aliphatic rings. The SMILES string of the molecule is CC1CC(NC(=O)O)CC(c2ccncc2N)O1. The number of nitrogens with one attached hydrogen (secondary N) is 1. The molecule has 98 valence electrons. The summed E-state index contributed by atoms with van der Waals surface area (Å²) in [7, 11) is 0. The van der Waals surface area contributed by atoms with Crippen LogP contribution in [0, 0.1) is 0 Å². The molecule has 0 aliphatic carbocycles. The molecule has 1 aromatic heterocycles. The van der Waals surface area contributed by atoms with Gasteiger partial charge in [-0.05, 0) is 25.8 Å². The summed E-state index contributed by atoms with van der Waals surface area (Å²) < 4.78 is 5.82. The number of aromatic nitrogens is 1. The minimum atomic E-state index is -1.00. The Bertz CT molecular complexity index is 438. The molecule has 1 aromatic rings. The van der Waals surface area contributed by atoms with Crippen LogP contribution in [-0.2, 0) is 4.74 Å². The Kier molecular flexibility index (Phi) is 3.66. The molecule has 0 radical (unpaired) electrons. The molecule has 0 aromatic carbocycles. The average Bonchev–Trinajstić information content (AvgIpc) is 2.27. The molecule has 6 nitrogen and oxygen atoms in total. The number of pyridine rings is 1. The Morgan fingerprint density at radius 1 is 1.61 bits per heavy atom. The van der Waals surface area contributed by atoms with Crippen molar-refractivity contribution < 1.29 is 14.6 Å². The normalized spacial score (nSPS) is 27.7. The Morgan fingerprint density at radius 2 is 2.39 bits per heavy atom. The van der Waals surface area contributed by atoms with E-state index in [1.54, 1.807) is 12.4 Å². The summed E-state index contributed by atoms with van der Waals surface area (Å²) in [6.07, 6.45) is 3.31. The molecule has 4 N–H and O–H groups in total. The quantitative estimate of drug-likeness (QED) is 0.740. The molecule has 1 aliphatic heterocycles. The van der Waals surface area contributed by atoms with E-state index < -0.39 is 6.09 Å². The maximum Gasteiger partial charge on any atom is 0.404 e. The van der Waals surface area contributed by atoms with E-state index in [0.29, 0.717) is 18.5 Å². The predicted molar refractivity (Wildman–Crippen MR) is 66.1 cm³/mol. The highest BCUT2D eigenvalue weighted by molar-refractivity contribution is 5.64. The molecule has 1 amide bonds. The Balaban J connectivity index is 2.13. The molecule has 6 heteroatoms. The first kappa shape index (κ1) is 12.6. The van der Waals surface area contributed by atoms with E-state index in [1.165, 1.54) is 0 Å². The summed E-state index contributed by atoms with van der Waals surface area (Å²) in [4.78, 5) is 14.6. The summed E-state index contributed by atoms with van der Waals surface area (Å²) in [5.74, 6) is 0. The van der Waals surface area contributed by atoms with Gasteiger partial charge in [0.05, 0.1) is 24.1 Å². The second-order valence-corrected chi connectivity index (χ2v) is 4.56. The van der Waals surface area contributed by atoms with Crippen molar-refractivity contribution in [2.45, 2.75) is 38.0 Å². The lowest BCUT2D eigenvalue weighted by Gasteiger charge is -2.34. The minimum Gasteiger partial charge on any atom is -0.465 e. The van der Waals surface area contributed by atoms with Crippen LogP contribution in [0.3, 0.4) is 0 Å². The number of hydrogen-bond acceptors (Lipinski definition) is 4. The number of ether oxygens (including phenoxy) is 1. The van der Waals surface area contributed by atoms with Crippen LogP contribution in [0.4, 0.5) is 10.5 Å². The summed E-state index contributed by atoms with van der Waals surface area (Å²) in [5, 5.41) is 11.3. The highest BCUT2D eigenvalue weighted by Gasteiger charge is 2.30. The Morgan fingerprint density at radius 3 is 3.06 bits per heavy atom. The smallest absolute Gasteiger partial charge is 0.404 e. The van der Waals surface area contributed by atoms with Crippen molar-refractivity contribution in [1.82, 2.24) is 10.3 Å². The molecule has 2 heterocycles. The largest absolute Gasteiger partial charge is 0.465 e. The van der Waals surface area contributed by atoms with Gasteiger partial charge < -0.3 is 20.9 Å². The summed E-state index contributed by atoms with van der Waals surface area (Å²) in [6, 6.07) is 1.71. The number of rotatable bonds is 2. The second-order valence-electron chi connectivity index (χ2n) is 4.56. The lowest BCUT2D eigenvalue weighted by atomic mass is 9.94. The van der Waals surface area contributed by atoms with Crippen molar-refractivity contribution in [1.29, 1.82) is 0 Å². The topological polar surface area (TPSA) is 97.5 Å². The van der Waals surface area contributed by atoms with Gasteiger partial charge in [-0.15, -0.1) is 0 Å². The van der Waals surface area contributed by atoms with E-state index >= 15 is 0 Å². The fraction of sp³-hybridized carbons (Fsp3) is 0.500. The van der Waals surface area contributed by atoms with Crippen molar-refractivity contribution in [3.05, 3.63) is 24.0 Å². The van der Waals surface area contributed by atoms with Crippen LogP contribution >= 0.6 is 0 Å². The second kappa shape index (κ2) is 5.22. The van der Waals surface area contributed by atoms with Gasteiger partial charge in [-0.1, -0.05) is 0 Å². The minimum absolute atomic E-state index is 0.00633. The van der Waals surface area contributed by atoms with Crippen molar-refractivity contribution in [2.24, 2.45) is 0 Å². The molecule has 3 unspecified atom stereocenters. The standard InChI is InChI=1S/C12H17N3O3/c1-7-4-8(15-12(16)17)5-11(18-7)9-2-3-14-6-10(9)13/h2-3,6-8,11,15H,4-5,13H2,1H3,(H,16,17). The van der Waals surface area contributed by atoms with E-state index in [2.05, 4.69) is 10.3 Å². The first-order valence-electron chi connectivity index (χ1n) is 5.90. The Hall–Kier alpha value is -1.82. The maximum absolute atomic E-state index is 10.7. The van der Waals surface area contributed by atoms with Gasteiger partial charge in [0, 0.05) is 17.8 Å². The number of nitrogens with two attached hydrogens (primary N) is 1. The molecular weight excluding hydrogens is 234 g/mol. The summed E-state index contributed by atoms with van der Waals surface area (Å²) >= 11 is 0. The number of anilines is 1. The van der Waals surface area contributed by atoms with Gasteiger partial charge in [-0.25, -0.2) is 4.79 Å². The molecule has 1 saturated heterocycles. The monoisotopic (exact) mass is 251 g/mol. The van der Waals surface area contributed by atoms with Gasteiger partial charge in [0.1, 0.15) is 0 Å². The van der Waals surface area contributed by atoms with Gasteiger partial charge in [0.2, 0.25) is 0 Å². The van der Waals surface area contributed by atoms with Crippen LogP contribution in [0.1, 0.15) is 31.4 Å². The van der Waals surface area contributed by atoms with Gasteiger partial charge in [-0.2, -0.15) is 0 Å². The van der Waals surface area contributed by atoms with Crippen LogP contribution in [0.15, 0.2) is 18.5 Å². The zero-order valence-corrected chi connectivity index (χ0v) is 10.2. The first-order chi connectivity index (χ1) is 8.56. The maximum atomic E-state index is 10.7. The lowest BCUT2D eigenvalue weighted by molar-refractivity contribution is -0.0525. The first-order valence-corrected chi connectivity index (χ1v) is 5.90. The fourth-order valence-electron chi connectivity index (χ4n) is 2.35.